The Morgan fingerprint density at radius 3 is 2.83 bits per heavy atom. The SMILES string of the molecule is OCc1ccccc1B1OCc2cc(Cl)ccc21. The molecule has 2 nitrogen and oxygen atoms in total. The third-order valence-electron chi connectivity index (χ3n) is 3.30. The number of aliphatic hydroxyl groups is 1. The van der Waals surface area contributed by atoms with E-state index >= 15 is 0 Å². The topological polar surface area (TPSA) is 29.5 Å². The molecule has 2 aromatic rings. The van der Waals surface area contributed by atoms with Crippen LogP contribution >= 0.6 is 11.6 Å². The van der Waals surface area contributed by atoms with Crippen molar-refractivity contribution in [1.82, 2.24) is 0 Å². The molecule has 18 heavy (non-hydrogen) atoms. The maximum absolute atomic E-state index is 9.39. The van der Waals surface area contributed by atoms with E-state index in [4.69, 9.17) is 16.3 Å². The predicted octanol–water partition coefficient (Wildman–Crippen LogP) is 1.47. The largest absolute Gasteiger partial charge is 0.423 e. The molecular weight excluding hydrogens is 246 g/mol. The average Bonchev–Trinajstić information content (AvgIpc) is 2.81. The van der Waals surface area contributed by atoms with Crippen LogP contribution in [0.4, 0.5) is 0 Å². The Balaban J connectivity index is 2.06. The van der Waals surface area contributed by atoms with Crippen LogP contribution in [0.1, 0.15) is 11.1 Å². The van der Waals surface area contributed by atoms with Gasteiger partial charge in [0.25, 0.3) is 0 Å². The van der Waals surface area contributed by atoms with Crippen LogP contribution < -0.4 is 10.9 Å². The first kappa shape index (κ1) is 11.8. The number of halogens is 1. The monoisotopic (exact) mass is 258 g/mol. The van der Waals surface area contributed by atoms with Gasteiger partial charge in [0.2, 0.25) is 0 Å². The fourth-order valence-corrected chi connectivity index (χ4v) is 2.60. The Hall–Kier alpha value is -1.29. The molecule has 1 N–H and O–H groups in total. The molecule has 0 aromatic heterocycles. The number of hydrogen-bond donors (Lipinski definition) is 1. The molecule has 90 valence electrons. The Bertz CT molecular complexity index is 586. The summed E-state index contributed by atoms with van der Waals surface area (Å²) in [5, 5.41) is 10.1. The highest BCUT2D eigenvalue weighted by Crippen LogP contribution is 2.17. The quantitative estimate of drug-likeness (QED) is 0.827. The van der Waals surface area contributed by atoms with E-state index in [1.54, 1.807) is 0 Å². The maximum atomic E-state index is 9.39. The van der Waals surface area contributed by atoms with E-state index in [0.717, 1.165) is 27.1 Å². The van der Waals surface area contributed by atoms with Crippen molar-refractivity contribution in [3.8, 4) is 0 Å². The van der Waals surface area contributed by atoms with Gasteiger partial charge in [0.05, 0.1) is 13.2 Å². The Labute approximate surface area is 111 Å². The Morgan fingerprint density at radius 1 is 1.17 bits per heavy atom. The minimum atomic E-state index is -0.0967. The van der Waals surface area contributed by atoms with Crippen molar-refractivity contribution in [3.05, 3.63) is 58.6 Å². The van der Waals surface area contributed by atoms with E-state index in [9.17, 15) is 5.11 Å². The fraction of sp³-hybridized carbons (Fsp3) is 0.143. The van der Waals surface area contributed by atoms with Crippen molar-refractivity contribution in [2.75, 3.05) is 0 Å². The lowest BCUT2D eigenvalue weighted by Crippen LogP contribution is -2.43. The van der Waals surface area contributed by atoms with Gasteiger partial charge in [0, 0.05) is 5.02 Å². The van der Waals surface area contributed by atoms with Crippen LogP contribution in [-0.2, 0) is 17.9 Å². The molecule has 0 amide bonds. The Kier molecular flexibility index (Phi) is 3.12. The summed E-state index contributed by atoms with van der Waals surface area (Å²) >= 11 is 5.98. The normalized spacial score (nSPS) is 13.8. The van der Waals surface area contributed by atoms with Gasteiger partial charge in [-0.25, -0.2) is 0 Å². The number of rotatable bonds is 2. The number of hydrogen-bond acceptors (Lipinski definition) is 2. The number of fused-ring (bicyclic) bond motifs is 1. The third kappa shape index (κ3) is 1.95. The smallest absolute Gasteiger partial charge is 0.362 e. The summed E-state index contributed by atoms with van der Waals surface area (Å²) in [5.41, 5.74) is 4.20. The molecule has 4 heteroatoms. The molecule has 0 atom stereocenters. The molecule has 1 aliphatic rings. The lowest BCUT2D eigenvalue weighted by atomic mass is 9.54. The average molecular weight is 259 g/mol. The van der Waals surface area contributed by atoms with Gasteiger partial charge >= 0.3 is 6.92 Å². The fourth-order valence-electron chi connectivity index (χ4n) is 2.41. The zero-order chi connectivity index (χ0) is 12.5. The van der Waals surface area contributed by atoms with Gasteiger partial charge in [-0.05, 0) is 34.2 Å². The molecule has 1 aliphatic heterocycles. The molecule has 0 fully saturated rings. The van der Waals surface area contributed by atoms with Gasteiger partial charge < -0.3 is 9.76 Å². The van der Waals surface area contributed by atoms with Gasteiger partial charge in [-0.3, -0.25) is 0 Å². The van der Waals surface area contributed by atoms with Gasteiger partial charge in [-0.15, -0.1) is 0 Å². The Morgan fingerprint density at radius 2 is 2.00 bits per heavy atom. The van der Waals surface area contributed by atoms with Crippen molar-refractivity contribution in [3.63, 3.8) is 0 Å². The summed E-state index contributed by atoms with van der Waals surface area (Å²) in [6.07, 6.45) is 0. The summed E-state index contributed by atoms with van der Waals surface area (Å²) < 4.78 is 5.84. The number of aliphatic hydroxyl groups excluding tert-OH is 1. The van der Waals surface area contributed by atoms with E-state index in [0.29, 0.717) is 6.61 Å². The third-order valence-corrected chi connectivity index (χ3v) is 3.54. The summed E-state index contributed by atoms with van der Waals surface area (Å²) in [6.45, 7) is 0.500. The minimum absolute atomic E-state index is 0.0267. The van der Waals surface area contributed by atoms with Crippen LogP contribution in [0.15, 0.2) is 42.5 Å². The molecule has 0 saturated carbocycles. The second-order valence-corrected chi connectivity index (χ2v) is 4.83. The van der Waals surface area contributed by atoms with E-state index in [-0.39, 0.29) is 13.5 Å². The van der Waals surface area contributed by atoms with Crippen LogP contribution in [0, 0.1) is 0 Å². The summed E-state index contributed by atoms with van der Waals surface area (Å²) in [6, 6.07) is 13.6. The van der Waals surface area contributed by atoms with Crippen molar-refractivity contribution in [2.24, 2.45) is 0 Å². The minimum Gasteiger partial charge on any atom is -0.423 e. The molecule has 3 rings (SSSR count). The molecule has 0 saturated heterocycles. The highest BCUT2D eigenvalue weighted by atomic mass is 35.5. The number of benzene rings is 2. The highest BCUT2D eigenvalue weighted by Gasteiger charge is 2.31. The van der Waals surface area contributed by atoms with Gasteiger partial charge in [-0.1, -0.05) is 41.9 Å². The lowest BCUT2D eigenvalue weighted by Gasteiger charge is -2.11. The second kappa shape index (κ2) is 4.77. The lowest BCUT2D eigenvalue weighted by molar-refractivity contribution is 0.282. The van der Waals surface area contributed by atoms with Crippen LogP contribution in [0.3, 0.4) is 0 Å². The summed E-state index contributed by atoms with van der Waals surface area (Å²) in [5.74, 6) is 0. The van der Waals surface area contributed by atoms with Gasteiger partial charge in [0.1, 0.15) is 0 Å². The molecule has 0 spiro atoms. The summed E-state index contributed by atoms with van der Waals surface area (Å²) in [4.78, 5) is 0. The zero-order valence-corrected chi connectivity index (χ0v) is 10.5. The predicted molar refractivity (Wildman–Crippen MR) is 73.6 cm³/mol. The first-order valence-electron chi connectivity index (χ1n) is 5.88. The highest BCUT2D eigenvalue weighted by molar-refractivity contribution is 6.81. The van der Waals surface area contributed by atoms with E-state index < -0.39 is 0 Å². The van der Waals surface area contributed by atoms with Crippen molar-refractivity contribution < 1.29 is 9.76 Å². The van der Waals surface area contributed by atoms with Crippen LogP contribution in [0.5, 0.6) is 0 Å². The van der Waals surface area contributed by atoms with E-state index in [1.807, 2.05) is 42.5 Å². The molecule has 0 bridgehead atoms. The molecular formula is C14H12BClO2. The van der Waals surface area contributed by atoms with Gasteiger partial charge in [0.15, 0.2) is 0 Å². The van der Waals surface area contributed by atoms with Gasteiger partial charge in [-0.2, -0.15) is 0 Å². The molecule has 1 heterocycles. The van der Waals surface area contributed by atoms with Crippen LogP contribution in [0.25, 0.3) is 0 Å². The van der Waals surface area contributed by atoms with Crippen molar-refractivity contribution >= 4 is 29.4 Å². The van der Waals surface area contributed by atoms with Crippen molar-refractivity contribution in [1.29, 1.82) is 0 Å². The summed E-state index contributed by atoms with van der Waals surface area (Å²) in [7, 11) is 0. The zero-order valence-electron chi connectivity index (χ0n) is 9.77. The van der Waals surface area contributed by atoms with Crippen LogP contribution in [0.2, 0.25) is 5.02 Å². The van der Waals surface area contributed by atoms with Crippen LogP contribution in [-0.4, -0.2) is 12.0 Å². The molecule has 0 radical (unpaired) electrons. The standard InChI is InChI=1S/C14H12BClO2/c16-12-5-6-14-11(7-12)9-18-15(14)13-4-2-1-3-10(13)8-17/h1-7,17H,8-9H2. The molecule has 0 unspecified atom stereocenters. The first-order valence-corrected chi connectivity index (χ1v) is 6.26. The van der Waals surface area contributed by atoms with Crippen molar-refractivity contribution in [2.45, 2.75) is 13.2 Å². The van der Waals surface area contributed by atoms with E-state index in [2.05, 4.69) is 0 Å². The maximum Gasteiger partial charge on any atom is 0.362 e. The van der Waals surface area contributed by atoms with E-state index in [1.165, 1.54) is 0 Å². The molecule has 2 aromatic carbocycles. The first-order chi connectivity index (χ1) is 8.79. The second-order valence-electron chi connectivity index (χ2n) is 4.39. The molecule has 0 aliphatic carbocycles.